The van der Waals surface area contributed by atoms with Gasteiger partial charge in [-0.15, -0.1) is 10.2 Å². The van der Waals surface area contributed by atoms with Crippen molar-refractivity contribution in [3.8, 4) is 22.5 Å². The molecule has 388 valence electrons. The number of aryl methyl sites for hydroxylation is 1. The van der Waals surface area contributed by atoms with Crippen molar-refractivity contribution in [1.29, 1.82) is 0 Å². The number of carbonyl (C=O) groups is 4. The molecule has 3 atom stereocenters. The quantitative estimate of drug-likeness (QED) is 0.0282. The maximum absolute atomic E-state index is 12.7. The maximum Gasteiger partial charge on any atom is 0.315 e. The van der Waals surface area contributed by atoms with Gasteiger partial charge in [0.25, 0.3) is 0 Å². The number of imidazole rings is 1. The van der Waals surface area contributed by atoms with Crippen LogP contribution in [0.15, 0.2) is 48.5 Å². The van der Waals surface area contributed by atoms with Gasteiger partial charge in [-0.1, -0.05) is 79.9 Å². The van der Waals surface area contributed by atoms with Gasteiger partial charge >= 0.3 is 6.03 Å². The number of amides is 5. The Hall–Kier alpha value is -5.20. The Labute approximate surface area is 423 Å². The Kier molecular flexibility index (Phi) is 24.3. The monoisotopic (exact) mass is 1030 g/mol. The normalized spacial score (nSPS) is 16.1. The highest BCUT2D eigenvalue weighted by Gasteiger charge is 2.42. The smallest absolute Gasteiger partial charge is 0.315 e. The lowest BCUT2D eigenvalue weighted by atomic mass is 9.98. The molecule has 2 aliphatic rings. The number of tetrazole rings is 1. The predicted molar refractivity (Wildman–Crippen MR) is 267 cm³/mol. The van der Waals surface area contributed by atoms with Crippen molar-refractivity contribution in [3.63, 3.8) is 0 Å². The fourth-order valence-corrected chi connectivity index (χ4v) is 9.76. The number of unbranched alkanes of at least 4 members (excludes halogenated alkanes) is 2. The minimum atomic E-state index is -0.391. The zero-order valence-corrected chi connectivity index (χ0v) is 42.0. The number of carbonyl (C=O) groups excluding carboxylic acids is 4. The summed E-state index contributed by atoms with van der Waals surface area (Å²) >= 11 is 8.53. The number of ether oxygens (including phenoxy) is 6. The van der Waals surface area contributed by atoms with Crippen molar-refractivity contribution in [1.82, 2.24) is 56.8 Å². The molecule has 0 aliphatic carbocycles. The molecule has 0 bridgehead atoms. The first-order chi connectivity index (χ1) is 34.8. The van der Waals surface area contributed by atoms with Crippen LogP contribution in [0.1, 0.15) is 62.5 Å². The SMILES string of the molecule is CCCCc1nc(Cl)c(CNC(=O)COCC(=O)NCCOCCOCCOCCOCCOCCNC(=O)CCCCC2SC[C@@H]3NC(=O)N[C@H]23)n1Cc1ccc(-c2ccccc2-c2nn[nH]n2)cc1. The average molecular weight is 1030 g/mol. The summed E-state index contributed by atoms with van der Waals surface area (Å²) < 4.78 is 35.0. The number of urea groups is 1. The number of aromatic amines is 1. The molecule has 2 fully saturated rings. The van der Waals surface area contributed by atoms with Crippen LogP contribution in [0.2, 0.25) is 5.15 Å². The van der Waals surface area contributed by atoms with Crippen molar-refractivity contribution in [2.75, 3.05) is 98.1 Å². The second kappa shape index (κ2) is 31.3. The highest BCUT2D eigenvalue weighted by Crippen LogP contribution is 2.33. The molecule has 5 amide bonds. The number of aromatic nitrogens is 6. The van der Waals surface area contributed by atoms with Gasteiger partial charge < -0.3 is 59.6 Å². The molecule has 4 aromatic rings. The molecule has 4 heterocycles. The highest BCUT2D eigenvalue weighted by atomic mass is 35.5. The summed E-state index contributed by atoms with van der Waals surface area (Å²) in [6.45, 7) is 6.91. The molecule has 2 saturated heterocycles. The van der Waals surface area contributed by atoms with E-state index in [1.165, 1.54) is 0 Å². The molecule has 6 N–H and O–H groups in total. The van der Waals surface area contributed by atoms with E-state index >= 15 is 0 Å². The van der Waals surface area contributed by atoms with E-state index in [-0.39, 0.29) is 56.2 Å². The lowest BCUT2D eigenvalue weighted by molar-refractivity contribution is -0.131. The molecular formula is C48H68ClN11O10S. The summed E-state index contributed by atoms with van der Waals surface area (Å²) in [6.07, 6.45) is 5.93. The maximum atomic E-state index is 12.7. The van der Waals surface area contributed by atoms with Crippen LogP contribution < -0.4 is 26.6 Å². The fourth-order valence-electron chi connectivity index (χ4n) is 7.95. The van der Waals surface area contributed by atoms with E-state index in [0.29, 0.717) is 108 Å². The van der Waals surface area contributed by atoms with E-state index in [9.17, 15) is 19.2 Å². The minimum absolute atomic E-state index is 0.0239. The molecule has 2 aliphatic heterocycles. The summed E-state index contributed by atoms with van der Waals surface area (Å²) in [6, 6.07) is 16.5. The molecule has 21 nitrogen and oxygen atoms in total. The van der Waals surface area contributed by atoms with Crippen molar-refractivity contribution in [2.24, 2.45) is 0 Å². The molecule has 6 rings (SSSR count). The number of benzene rings is 2. The topological polar surface area (TPSA) is 256 Å². The number of halogens is 1. The van der Waals surface area contributed by atoms with E-state index in [4.69, 9.17) is 40.0 Å². The zero-order valence-electron chi connectivity index (χ0n) is 40.4. The molecule has 23 heteroatoms. The van der Waals surface area contributed by atoms with Crippen molar-refractivity contribution < 1.29 is 47.6 Å². The van der Waals surface area contributed by atoms with Gasteiger partial charge in [-0.3, -0.25) is 14.4 Å². The molecule has 71 heavy (non-hydrogen) atoms. The first-order valence-corrected chi connectivity index (χ1v) is 25.8. The van der Waals surface area contributed by atoms with Crippen LogP contribution in [-0.4, -0.2) is 169 Å². The number of rotatable bonds is 36. The predicted octanol–water partition coefficient (Wildman–Crippen LogP) is 3.45. The first kappa shape index (κ1) is 55.1. The third-order valence-electron chi connectivity index (χ3n) is 11.6. The Balaban J connectivity index is 0.715. The third-order valence-corrected chi connectivity index (χ3v) is 13.4. The molecule has 0 radical (unpaired) electrons. The molecule has 2 aromatic carbocycles. The fraction of sp³-hybridized carbons (Fsp3) is 0.583. The Morgan fingerprint density at radius 3 is 2.04 bits per heavy atom. The van der Waals surface area contributed by atoms with Gasteiger partial charge in [0, 0.05) is 49.0 Å². The van der Waals surface area contributed by atoms with Crippen molar-refractivity contribution in [3.05, 3.63) is 70.8 Å². The highest BCUT2D eigenvalue weighted by molar-refractivity contribution is 8.00. The van der Waals surface area contributed by atoms with Gasteiger partial charge in [0.15, 0.2) is 5.15 Å². The second-order valence-electron chi connectivity index (χ2n) is 16.8. The average Bonchev–Trinajstić information content (AvgIpc) is 4.18. The Morgan fingerprint density at radius 1 is 0.761 bits per heavy atom. The summed E-state index contributed by atoms with van der Waals surface area (Å²) in [5.41, 5.74) is 4.58. The van der Waals surface area contributed by atoms with Crippen molar-refractivity contribution >= 4 is 47.1 Å². The van der Waals surface area contributed by atoms with Gasteiger partial charge in [-0.25, -0.2) is 9.78 Å². The van der Waals surface area contributed by atoms with Crippen LogP contribution in [0.5, 0.6) is 0 Å². The summed E-state index contributed by atoms with van der Waals surface area (Å²) in [4.78, 5) is 53.3. The number of H-pyrrole nitrogens is 1. The van der Waals surface area contributed by atoms with Crippen LogP contribution in [0.25, 0.3) is 22.5 Å². The van der Waals surface area contributed by atoms with E-state index in [2.05, 4.69) is 87.9 Å². The van der Waals surface area contributed by atoms with Gasteiger partial charge in [-0.05, 0) is 41.2 Å². The van der Waals surface area contributed by atoms with Gasteiger partial charge in [-0.2, -0.15) is 17.0 Å². The lowest BCUT2D eigenvalue weighted by Gasteiger charge is -2.16. The summed E-state index contributed by atoms with van der Waals surface area (Å²) in [7, 11) is 0. The first-order valence-electron chi connectivity index (χ1n) is 24.4. The molecule has 0 saturated carbocycles. The van der Waals surface area contributed by atoms with E-state index < -0.39 is 5.91 Å². The van der Waals surface area contributed by atoms with Crippen LogP contribution >= 0.6 is 23.4 Å². The summed E-state index contributed by atoms with van der Waals surface area (Å²) in [5, 5.41) is 29.7. The third kappa shape index (κ3) is 19.1. The van der Waals surface area contributed by atoms with E-state index in [1.807, 2.05) is 36.0 Å². The van der Waals surface area contributed by atoms with Gasteiger partial charge in [0.2, 0.25) is 23.5 Å². The number of hydrogen-bond donors (Lipinski definition) is 6. The van der Waals surface area contributed by atoms with E-state index in [0.717, 1.165) is 72.4 Å². The Bertz CT molecular complexity index is 2220. The Morgan fingerprint density at radius 2 is 1.39 bits per heavy atom. The van der Waals surface area contributed by atoms with Gasteiger partial charge in [0.1, 0.15) is 19.0 Å². The molecule has 2 aromatic heterocycles. The second-order valence-corrected chi connectivity index (χ2v) is 18.5. The molecule has 1 unspecified atom stereocenters. The van der Waals surface area contributed by atoms with E-state index in [1.54, 1.807) is 0 Å². The largest absolute Gasteiger partial charge is 0.377 e. The number of hydrogen-bond acceptors (Lipinski definition) is 15. The lowest BCUT2D eigenvalue weighted by Crippen LogP contribution is -2.36. The molecule has 0 spiro atoms. The van der Waals surface area contributed by atoms with Crippen LogP contribution in [0.3, 0.4) is 0 Å². The van der Waals surface area contributed by atoms with Crippen LogP contribution in [0.4, 0.5) is 4.79 Å². The standard InChI is InChI=1S/C48H68ClN11O10S/c1-2-3-11-41-54-46(49)39(60(41)30-34-13-15-35(16-14-34)36-8-4-5-9-37(36)47-56-58-59-57-47)29-52-44(63)32-70-31-43(62)51-18-20-66-22-24-68-26-28-69-27-25-67-23-21-65-19-17-50-42(61)12-7-6-10-40-45-38(33-71-40)53-48(64)55-45/h4-5,8-9,13-16,38,40,45H,2-3,6-7,10-12,17-33H2,1H3,(H,50,61)(H,51,62)(H,52,63)(H2,53,55,64)(H,56,57,58,59)/t38-,40?,45-/m0/s1. The number of nitrogens with zero attached hydrogens (tertiary/aromatic N) is 5. The number of nitrogens with one attached hydrogen (secondary N) is 6. The van der Waals surface area contributed by atoms with Crippen LogP contribution in [0, 0.1) is 0 Å². The molecular weight excluding hydrogens is 958 g/mol. The summed E-state index contributed by atoms with van der Waals surface area (Å²) in [5.74, 6) is 1.57. The number of thioether (sulfide) groups is 1. The minimum Gasteiger partial charge on any atom is -0.377 e. The number of fused-ring (bicyclic) bond motifs is 1. The van der Waals surface area contributed by atoms with Crippen LogP contribution in [-0.2, 0) is 62.3 Å². The van der Waals surface area contributed by atoms with Crippen molar-refractivity contribution in [2.45, 2.75) is 82.3 Å². The zero-order chi connectivity index (χ0) is 49.9. The van der Waals surface area contributed by atoms with Gasteiger partial charge in [0.05, 0.1) is 90.4 Å².